The summed E-state index contributed by atoms with van der Waals surface area (Å²) < 4.78 is 0. The van der Waals surface area contributed by atoms with Gasteiger partial charge in [-0.05, 0) is 61.1 Å². The first-order valence-corrected chi connectivity index (χ1v) is 7.92. The number of anilines is 1. The molecule has 1 aliphatic carbocycles. The first-order chi connectivity index (χ1) is 11.0. The molecule has 0 aliphatic heterocycles. The number of aliphatic imine (C=N–C) groups is 1. The SMILES string of the molecule is Cc1cc(C)cc(NC(N)=NCC2(O)CCc3ccccc32)c1. The standard InChI is InChI=1S/C19H23N3O/c1-13-9-14(2)11-16(10-13)22-18(20)21-12-19(23)8-7-15-5-3-4-6-17(15)19/h3-6,9-11,23H,7-8,12H2,1-2H3,(H3,20,21,22). The maximum Gasteiger partial charge on any atom is 0.193 e. The van der Waals surface area contributed by atoms with Gasteiger partial charge >= 0.3 is 0 Å². The monoisotopic (exact) mass is 309 g/mol. The Labute approximate surface area is 137 Å². The van der Waals surface area contributed by atoms with Crippen molar-refractivity contribution < 1.29 is 5.11 Å². The van der Waals surface area contributed by atoms with Crippen LogP contribution in [-0.4, -0.2) is 17.6 Å². The Bertz CT molecular complexity index is 734. The van der Waals surface area contributed by atoms with Gasteiger partial charge in [0.1, 0.15) is 5.60 Å². The average Bonchev–Trinajstić information content (AvgIpc) is 2.83. The van der Waals surface area contributed by atoms with Crippen molar-refractivity contribution >= 4 is 11.6 Å². The molecule has 0 saturated heterocycles. The molecule has 120 valence electrons. The lowest BCUT2D eigenvalue weighted by Crippen LogP contribution is -2.30. The van der Waals surface area contributed by atoms with Crippen molar-refractivity contribution in [2.24, 2.45) is 10.7 Å². The van der Waals surface area contributed by atoms with Crippen molar-refractivity contribution in [3.63, 3.8) is 0 Å². The number of benzene rings is 2. The summed E-state index contributed by atoms with van der Waals surface area (Å²) in [6.07, 6.45) is 1.57. The highest BCUT2D eigenvalue weighted by molar-refractivity contribution is 5.92. The summed E-state index contributed by atoms with van der Waals surface area (Å²) >= 11 is 0. The lowest BCUT2D eigenvalue weighted by molar-refractivity contribution is 0.0487. The van der Waals surface area contributed by atoms with E-state index in [-0.39, 0.29) is 6.54 Å². The zero-order valence-electron chi connectivity index (χ0n) is 13.6. The smallest absolute Gasteiger partial charge is 0.193 e. The van der Waals surface area contributed by atoms with Gasteiger partial charge in [-0.25, -0.2) is 4.99 Å². The van der Waals surface area contributed by atoms with E-state index in [2.05, 4.69) is 22.4 Å². The van der Waals surface area contributed by atoms with Crippen LogP contribution in [0, 0.1) is 13.8 Å². The zero-order valence-corrected chi connectivity index (χ0v) is 13.6. The van der Waals surface area contributed by atoms with Crippen LogP contribution in [0.5, 0.6) is 0 Å². The predicted molar refractivity (Wildman–Crippen MR) is 94.7 cm³/mol. The number of nitrogens with one attached hydrogen (secondary N) is 1. The summed E-state index contributed by atoms with van der Waals surface area (Å²) in [5.74, 6) is 0.327. The van der Waals surface area contributed by atoms with Crippen LogP contribution >= 0.6 is 0 Å². The molecule has 4 N–H and O–H groups in total. The fourth-order valence-corrected chi connectivity index (χ4v) is 3.28. The fourth-order valence-electron chi connectivity index (χ4n) is 3.28. The van der Waals surface area contributed by atoms with Crippen LogP contribution in [0.25, 0.3) is 0 Å². The van der Waals surface area contributed by atoms with E-state index < -0.39 is 5.60 Å². The topological polar surface area (TPSA) is 70.6 Å². The molecule has 0 aromatic heterocycles. The predicted octanol–water partition coefficient (Wildman–Crippen LogP) is 2.86. The number of aryl methyl sites for hydroxylation is 3. The van der Waals surface area contributed by atoms with Gasteiger partial charge in [0.15, 0.2) is 5.96 Å². The molecule has 2 aromatic carbocycles. The first kappa shape index (κ1) is 15.6. The number of guanidine groups is 1. The van der Waals surface area contributed by atoms with E-state index in [0.717, 1.165) is 17.7 Å². The fraction of sp³-hybridized carbons (Fsp3) is 0.316. The van der Waals surface area contributed by atoms with E-state index in [9.17, 15) is 5.11 Å². The Morgan fingerprint density at radius 2 is 1.91 bits per heavy atom. The summed E-state index contributed by atoms with van der Waals surface area (Å²) in [6.45, 7) is 4.36. The van der Waals surface area contributed by atoms with Crippen LogP contribution in [0.2, 0.25) is 0 Å². The highest BCUT2D eigenvalue weighted by Crippen LogP contribution is 2.36. The minimum absolute atomic E-state index is 0.271. The number of hydrogen-bond donors (Lipinski definition) is 3. The largest absolute Gasteiger partial charge is 0.383 e. The van der Waals surface area contributed by atoms with Gasteiger partial charge < -0.3 is 16.2 Å². The number of fused-ring (bicyclic) bond motifs is 1. The molecule has 1 aliphatic rings. The molecule has 3 rings (SSSR count). The van der Waals surface area contributed by atoms with Gasteiger partial charge in [0.2, 0.25) is 0 Å². The third-order valence-corrected chi connectivity index (χ3v) is 4.33. The molecule has 23 heavy (non-hydrogen) atoms. The number of nitrogens with two attached hydrogens (primary N) is 1. The Morgan fingerprint density at radius 1 is 1.22 bits per heavy atom. The van der Waals surface area contributed by atoms with Crippen molar-refractivity contribution in [1.82, 2.24) is 0 Å². The first-order valence-electron chi connectivity index (χ1n) is 7.92. The Kier molecular flexibility index (Phi) is 4.09. The van der Waals surface area contributed by atoms with Crippen LogP contribution in [0.15, 0.2) is 47.5 Å². The quantitative estimate of drug-likeness (QED) is 0.603. The van der Waals surface area contributed by atoms with Gasteiger partial charge in [-0.1, -0.05) is 30.3 Å². The van der Waals surface area contributed by atoms with E-state index in [1.54, 1.807) is 0 Å². The van der Waals surface area contributed by atoms with Gasteiger partial charge in [-0.3, -0.25) is 0 Å². The van der Waals surface area contributed by atoms with Gasteiger partial charge in [-0.2, -0.15) is 0 Å². The van der Waals surface area contributed by atoms with Crippen LogP contribution in [0.3, 0.4) is 0 Å². The van der Waals surface area contributed by atoms with Crippen molar-refractivity contribution in [2.75, 3.05) is 11.9 Å². The molecule has 0 fully saturated rings. The Hall–Kier alpha value is -2.33. The van der Waals surface area contributed by atoms with Crippen LogP contribution < -0.4 is 11.1 Å². The molecule has 1 unspecified atom stereocenters. The number of hydrogen-bond acceptors (Lipinski definition) is 2. The Morgan fingerprint density at radius 3 is 2.65 bits per heavy atom. The summed E-state index contributed by atoms with van der Waals surface area (Å²) in [5.41, 5.74) is 10.5. The summed E-state index contributed by atoms with van der Waals surface area (Å²) in [5, 5.41) is 14.0. The molecular formula is C19H23N3O. The molecule has 1 atom stereocenters. The zero-order chi connectivity index (χ0) is 16.4. The summed E-state index contributed by atoms with van der Waals surface area (Å²) in [7, 11) is 0. The van der Waals surface area contributed by atoms with Crippen LogP contribution in [0.1, 0.15) is 28.7 Å². The van der Waals surface area contributed by atoms with Gasteiger partial charge in [0, 0.05) is 5.69 Å². The molecular weight excluding hydrogens is 286 g/mol. The number of nitrogens with zero attached hydrogens (tertiary/aromatic N) is 1. The number of aliphatic hydroxyl groups is 1. The number of rotatable bonds is 3. The second kappa shape index (κ2) is 6.05. The van der Waals surface area contributed by atoms with Gasteiger partial charge in [0.25, 0.3) is 0 Å². The van der Waals surface area contributed by atoms with Crippen molar-refractivity contribution in [2.45, 2.75) is 32.3 Å². The Balaban J connectivity index is 1.73. The molecule has 0 amide bonds. The normalized spacial score (nSPS) is 20.4. The lowest BCUT2D eigenvalue weighted by Gasteiger charge is -2.22. The van der Waals surface area contributed by atoms with E-state index in [0.29, 0.717) is 12.4 Å². The average molecular weight is 309 g/mol. The minimum Gasteiger partial charge on any atom is -0.383 e. The highest BCUT2D eigenvalue weighted by atomic mass is 16.3. The van der Waals surface area contributed by atoms with Gasteiger partial charge in [0.05, 0.1) is 6.54 Å². The third-order valence-electron chi connectivity index (χ3n) is 4.33. The summed E-state index contributed by atoms with van der Waals surface area (Å²) in [6, 6.07) is 14.2. The van der Waals surface area contributed by atoms with E-state index >= 15 is 0 Å². The molecule has 2 aromatic rings. The van der Waals surface area contributed by atoms with Gasteiger partial charge in [-0.15, -0.1) is 0 Å². The molecule has 4 heteroatoms. The van der Waals surface area contributed by atoms with Crippen molar-refractivity contribution in [3.8, 4) is 0 Å². The van der Waals surface area contributed by atoms with Crippen molar-refractivity contribution in [1.29, 1.82) is 0 Å². The molecule has 0 spiro atoms. The van der Waals surface area contributed by atoms with E-state index in [1.165, 1.54) is 16.7 Å². The molecule has 0 radical (unpaired) electrons. The van der Waals surface area contributed by atoms with Crippen LogP contribution in [-0.2, 0) is 12.0 Å². The molecule has 4 nitrogen and oxygen atoms in total. The highest BCUT2D eigenvalue weighted by Gasteiger charge is 2.36. The molecule has 0 heterocycles. The van der Waals surface area contributed by atoms with Crippen LogP contribution in [0.4, 0.5) is 5.69 Å². The molecule has 0 saturated carbocycles. The lowest BCUT2D eigenvalue weighted by atomic mass is 9.96. The second-order valence-electron chi connectivity index (χ2n) is 6.39. The molecule has 0 bridgehead atoms. The maximum atomic E-state index is 10.9. The second-order valence-corrected chi connectivity index (χ2v) is 6.39. The summed E-state index contributed by atoms with van der Waals surface area (Å²) in [4.78, 5) is 4.36. The van der Waals surface area contributed by atoms with E-state index in [4.69, 9.17) is 5.73 Å². The maximum absolute atomic E-state index is 10.9. The minimum atomic E-state index is -0.911. The van der Waals surface area contributed by atoms with Crippen molar-refractivity contribution in [3.05, 3.63) is 64.7 Å². The third kappa shape index (κ3) is 3.37. The van der Waals surface area contributed by atoms with E-state index in [1.807, 2.05) is 44.2 Å².